The van der Waals surface area contributed by atoms with Crippen molar-refractivity contribution in [1.29, 1.82) is 0 Å². The summed E-state index contributed by atoms with van der Waals surface area (Å²) in [7, 11) is 3.91. The van der Waals surface area contributed by atoms with E-state index in [1.165, 1.54) is 39.5 Å². The molecule has 10 heteroatoms. The van der Waals surface area contributed by atoms with Gasteiger partial charge in [-0.2, -0.15) is 0 Å². The van der Waals surface area contributed by atoms with E-state index in [1.54, 1.807) is 0 Å². The number of nitrogens with zero attached hydrogens (tertiary/aromatic N) is 1. The predicted octanol–water partition coefficient (Wildman–Crippen LogP) is 0.806. The van der Waals surface area contributed by atoms with E-state index in [-0.39, 0.29) is 29.1 Å². The number of thioether (sulfide) groups is 1. The van der Waals surface area contributed by atoms with Gasteiger partial charge >= 0.3 is 11.9 Å². The van der Waals surface area contributed by atoms with Crippen LogP contribution in [0, 0.1) is 0 Å². The highest BCUT2D eigenvalue weighted by Gasteiger charge is 2.30. The Kier molecular flexibility index (Phi) is 6.34. The normalized spacial score (nSPS) is 18.0. The van der Waals surface area contributed by atoms with Crippen molar-refractivity contribution in [2.24, 2.45) is 4.99 Å². The fraction of sp³-hybridized carbons (Fsp3) is 0.312. The maximum atomic E-state index is 12.5. The minimum absolute atomic E-state index is 0.0178. The maximum Gasteiger partial charge on any atom is 0.337 e. The Hall–Kier alpha value is -2.88. The monoisotopic (exact) mass is 379 g/mol. The van der Waals surface area contributed by atoms with Crippen LogP contribution in [0.5, 0.6) is 0 Å². The van der Waals surface area contributed by atoms with Gasteiger partial charge in [-0.1, -0.05) is 11.8 Å². The Balaban J connectivity index is 2.27. The van der Waals surface area contributed by atoms with Gasteiger partial charge in [0.25, 0.3) is 0 Å². The molecule has 1 saturated heterocycles. The molecule has 1 aliphatic rings. The van der Waals surface area contributed by atoms with E-state index in [4.69, 9.17) is 0 Å². The Labute approximate surface area is 153 Å². The second-order valence-electron chi connectivity index (χ2n) is 5.16. The summed E-state index contributed by atoms with van der Waals surface area (Å²) >= 11 is 1.12. The third kappa shape index (κ3) is 4.60. The molecule has 2 amide bonds. The number of ether oxygens (including phenoxy) is 2. The highest BCUT2D eigenvalue weighted by Crippen LogP contribution is 2.23. The molecular weight excluding hydrogens is 362 g/mol. The van der Waals surface area contributed by atoms with Gasteiger partial charge < -0.3 is 20.1 Å². The summed E-state index contributed by atoms with van der Waals surface area (Å²) in [5.41, 5.74) is 0.367. The van der Waals surface area contributed by atoms with Gasteiger partial charge in [0.05, 0.1) is 25.3 Å². The molecule has 0 bridgehead atoms. The van der Waals surface area contributed by atoms with Crippen molar-refractivity contribution in [2.45, 2.75) is 11.7 Å². The lowest BCUT2D eigenvalue weighted by atomic mass is 10.1. The average Bonchev–Trinajstić information content (AvgIpc) is 2.65. The molecule has 26 heavy (non-hydrogen) atoms. The van der Waals surface area contributed by atoms with Crippen LogP contribution in [0.4, 0.5) is 5.69 Å². The van der Waals surface area contributed by atoms with Crippen LogP contribution in [0.1, 0.15) is 27.1 Å². The van der Waals surface area contributed by atoms with E-state index >= 15 is 0 Å². The molecule has 0 spiro atoms. The van der Waals surface area contributed by atoms with Crippen molar-refractivity contribution < 1.29 is 28.7 Å². The smallest absolute Gasteiger partial charge is 0.337 e. The van der Waals surface area contributed by atoms with Crippen molar-refractivity contribution in [2.75, 3.05) is 26.6 Å². The van der Waals surface area contributed by atoms with Crippen LogP contribution >= 0.6 is 11.8 Å². The summed E-state index contributed by atoms with van der Waals surface area (Å²) in [5.74, 6) is -2.11. The molecule has 1 aromatic carbocycles. The number of amidine groups is 1. The summed E-state index contributed by atoms with van der Waals surface area (Å²) in [5, 5.41) is 4.81. The minimum Gasteiger partial charge on any atom is -0.465 e. The number of carbonyl (C=O) groups excluding carboxylic acids is 4. The van der Waals surface area contributed by atoms with E-state index < -0.39 is 23.1 Å². The fourth-order valence-corrected chi connectivity index (χ4v) is 3.14. The summed E-state index contributed by atoms with van der Waals surface area (Å²) in [6, 6.07) is 4.05. The van der Waals surface area contributed by atoms with Crippen LogP contribution in [0.2, 0.25) is 0 Å². The molecule has 0 radical (unpaired) electrons. The summed E-state index contributed by atoms with van der Waals surface area (Å²) in [6.45, 7) is 0. The van der Waals surface area contributed by atoms with Crippen molar-refractivity contribution in [1.82, 2.24) is 5.32 Å². The Morgan fingerprint density at radius 1 is 1.15 bits per heavy atom. The van der Waals surface area contributed by atoms with E-state index in [9.17, 15) is 19.2 Å². The lowest BCUT2D eigenvalue weighted by Gasteiger charge is -2.22. The second kappa shape index (κ2) is 8.48. The van der Waals surface area contributed by atoms with E-state index in [0.717, 1.165) is 11.8 Å². The van der Waals surface area contributed by atoms with Gasteiger partial charge in [-0.15, -0.1) is 0 Å². The van der Waals surface area contributed by atoms with Crippen LogP contribution in [0.15, 0.2) is 23.2 Å². The molecule has 138 valence electrons. The molecule has 0 aliphatic carbocycles. The summed E-state index contributed by atoms with van der Waals surface area (Å²) < 4.78 is 9.29. The number of amides is 2. The first kappa shape index (κ1) is 19.4. The van der Waals surface area contributed by atoms with Gasteiger partial charge in [0.2, 0.25) is 11.8 Å². The van der Waals surface area contributed by atoms with Crippen molar-refractivity contribution in [3.05, 3.63) is 29.3 Å². The Morgan fingerprint density at radius 3 is 2.23 bits per heavy atom. The minimum atomic E-state index is -0.689. The molecule has 2 N–H and O–H groups in total. The highest BCUT2D eigenvalue weighted by molar-refractivity contribution is 8.15. The van der Waals surface area contributed by atoms with Gasteiger partial charge in [-0.05, 0) is 18.2 Å². The number of benzene rings is 1. The van der Waals surface area contributed by atoms with Crippen LogP contribution in [0.25, 0.3) is 0 Å². The summed E-state index contributed by atoms with van der Waals surface area (Å²) in [4.78, 5) is 51.6. The van der Waals surface area contributed by atoms with Gasteiger partial charge in [-0.3, -0.25) is 14.6 Å². The first-order chi connectivity index (χ1) is 12.4. The van der Waals surface area contributed by atoms with Crippen molar-refractivity contribution >= 4 is 46.4 Å². The number of aliphatic imine (C=N–C) groups is 1. The second-order valence-corrected chi connectivity index (χ2v) is 6.35. The number of rotatable bonds is 4. The zero-order valence-electron chi connectivity index (χ0n) is 14.3. The summed E-state index contributed by atoms with van der Waals surface area (Å²) in [6.07, 6.45) is -0.0178. The molecule has 2 rings (SSSR count). The number of esters is 2. The van der Waals surface area contributed by atoms with Gasteiger partial charge in [-0.25, -0.2) is 9.59 Å². The first-order valence-electron chi connectivity index (χ1n) is 7.43. The maximum absolute atomic E-state index is 12.5. The fourth-order valence-electron chi connectivity index (χ4n) is 2.19. The Morgan fingerprint density at radius 2 is 1.73 bits per heavy atom. The molecule has 9 nitrogen and oxygen atoms in total. The van der Waals surface area contributed by atoms with Crippen LogP contribution in [0.3, 0.4) is 0 Å². The van der Waals surface area contributed by atoms with E-state index in [2.05, 4.69) is 25.1 Å². The van der Waals surface area contributed by atoms with Crippen LogP contribution in [-0.2, 0) is 19.1 Å². The molecule has 0 saturated carbocycles. The molecule has 0 aromatic heterocycles. The molecular formula is C16H17N3O6S. The quantitative estimate of drug-likeness (QED) is 0.742. The predicted molar refractivity (Wildman–Crippen MR) is 95.2 cm³/mol. The van der Waals surface area contributed by atoms with Crippen molar-refractivity contribution in [3.8, 4) is 0 Å². The van der Waals surface area contributed by atoms with Gasteiger partial charge in [0.1, 0.15) is 5.25 Å². The van der Waals surface area contributed by atoms with Crippen molar-refractivity contribution in [3.63, 3.8) is 0 Å². The van der Waals surface area contributed by atoms with E-state index in [0.29, 0.717) is 5.17 Å². The lowest BCUT2D eigenvalue weighted by molar-refractivity contribution is -0.123. The number of hydrogen-bond acceptors (Lipinski definition) is 8. The zero-order valence-corrected chi connectivity index (χ0v) is 15.1. The molecule has 1 aliphatic heterocycles. The third-order valence-electron chi connectivity index (χ3n) is 3.41. The standard InChI is InChI=1S/C16H17N3O6S/c1-17-16-19-12(20)7-11(26-16)13(21)18-10-5-8(14(22)24-2)4-9(6-10)15(23)25-3/h4-6,11H,7H2,1-3H3,(H,18,21)(H,17,19,20). The number of anilines is 1. The lowest BCUT2D eigenvalue weighted by Crippen LogP contribution is -2.41. The molecule has 1 aromatic rings. The highest BCUT2D eigenvalue weighted by atomic mass is 32.2. The number of nitrogens with one attached hydrogen (secondary N) is 2. The number of methoxy groups -OCH3 is 2. The molecule has 1 unspecified atom stereocenters. The molecule has 1 fully saturated rings. The Bertz CT molecular complexity index is 758. The van der Waals surface area contributed by atoms with Gasteiger partial charge in [0, 0.05) is 19.2 Å². The third-order valence-corrected chi connectivity index (χ3v) is 4.58. The van der Waals surface area contributed by atoms with Gasteiger partial charge in [0.15, 0.2) is 5.17 Å². The van der Waals surface area contributed by atoms with E-state index in [1.807, 2.05) is 0 Å². The number of carbonyl (C=O) groups is 4. The first-order valence-corrected chi connectivity index (χ1v) is 8.31. The largest absolute Gasteiger partial charge is 0.465 e. The molecule has 1 heterocycles. The average molecular weight is 379 g/mol. The number of hydrogen-bond donors (Lipinski definition) is 2. The van der Waals surface area contributed by atoms with Crippen LogP contribution < -0.4 is 10.6 Å². The zero-order chi connectivity index (χ0) is 19.3. The molecule has 1 atom stereocenters. The SMILES string of the molecule is CN=C1NC(=O)CC(C(=O)Nc2cc(C(=O)OC)cc(C(=O)OC)c2)S1. The topological polar surface area (TPSA) is 123 Å². The van der Waals surface area contributed by atoms with Crippen LogP contribution in [-0.4, -0.2) is 55.4 Å².